The first-order valence-corrected chi connectivity index (χ1v) is 4.24. The lowest BCUT2D eigenvalue weighted by atomic mass is 10.1. The Hall–Kier alpha value is -1.71. The second kappa shape index (κ2) is 4.00. The van der Waals surface area contributed by atoms with E-state index in [1.165, 1.54) is 6.07 Å². The zero-order valence-electron chi connectivity index (χ0n) is 7.82. The summed E-state index contributed by atoms with van der Waals surface area (Å²) in [5, 5.41) is 26.9. The topological polar surface area (TPSA) is 77.8 Å². The highest BCUT2D eigenvalue weighted by Gasteiger charge is 2.06. The minimum absolute atomic E-state index is 0.0175. The van der Waals surface area contributed by atoms with Gasteiger partial charge >= 0.3 is 5.97 Å². The molecule has 0 aliphatic rings. The normalized spacial score (nSPS) is 10.1. The first-order chi connectivity index (χ1) is 6.50. The molecule has 0 atom stereocenters. The predicted molar refractivity (Wildman–Crippen MR) is 50.5 cm³/mol. The Kier molecular flexibility index (Phi) is 2.96. The van der Waals surface area contributed by atoms with Crippen molar-refractivity contribution in [3.05, 3.63) is 23.3 Å². The maximum absolute atomic E-state index is 10.3. The van der Waals surface area contributed by atoms with E-state index in [2.05, 4.69) is 0 Å². The van der Waals surface area contributed by atoms with Gasteiger partial charge in [-0.25, -0.2) is 0 Å². The number of aliphatic carboxylic acids is 1. The zero-order chi connectivity index (χ0) is 10.7. The Morgan fingerprint density at radius 3 is 2.50 bits per heavy atom. The molecular weight excluding hydrogens is 184 g/mol. The van der Waals surface area contributed by atoms with Gasteiger partial charge in [0.25, 0.3) is 0 Å². The average Bonchev–Trinajstić information content (AvgIpc) is 2.10. The van der Waals surface area contributed by atoms with Gasteiger partial charge in [-0.3, -0.25) is 4.79 Å². The molecule has 0 saturated heterocycles. The molecular formula is C10H12O4. The SMILES string of the molecule is Cc1cc(CCC(=O)O)cc(O)c1O. The molecule has 0 aliphatic heterocycles. The first kappa shape index (κ1) is 10.4. The number of aromatic hydroxyl groups is 2. The van der Waals surface area contributed by atoms with Crippen LogP contribution in [-0.2, 0) is 11.2 Å². The van der Waals surface area contributed by atoms with Crippen LogP contribution in [-0.4, -0.2) is 21.3 Å². The molecule has 1 aromatic rings. The number of carbonyl (C=O) groups is 1. The van der Waals surface area contributed by atoms with Gasteiger partial charge < -0.3 is 15.3 Å². The quantitative estimate of drug-likeness (QED) is 0.639. The number of phenolic OH excluding ortho intramolecular Hbond substituents is 2. The number of phenols is 2. The minimum Gasteiger partial charge on any atom is -0.504 e. The molecule has 0 bridgehead atoms. The molecule has 0 spiro atoms. The van der Waals surface area contributed by atoms with Gasteiger partial charge in [-0.1, -0.05) is 6.07 Å². The van der Waals surface area contributed by atoms with E-state index >= 15 is 0 Å². The largest absolute Gasteiger partial charge is 0.504 e. The third kappa shape index (κ3) is 2.39. The predicted octanol–water partition coefficient (Wildman–Crippen LogP) is 1.42. The molecule has 1 aromatic carbocycles. The highest BCUT2D eigenvalue weighted by molar-refractivity contribution is 5.67. The van der Waals surface area contributed by atoms with Crippen molar-refractivity contribution in [1.82, 2.24) is 0 Å². The number of aryl methyl sites for hydroxylation is 2. The Balaban J connectivity index is 2.84. The van der Waals surface area contributed by atoms with E-state index in [1.54, 1.807) is 13.0 Å². The summed E-state index contributed by atoms with van der Waals surface area (Å²) < 4.78 is 0. The molecule has 76 valence electrons. The Labute approximate surface area is 81.4 Å². The summed E-state index contributed by atoms with van der Waals surface area (Å²) in [5.41, 5.74) is 1.26. The standard InChI is InChI=1S/C10H12O4/c1-6-4-7(2-3-9(12)13)5-8(11)10(6)14/h4-5,11,14H,2-3H2,1H3,(H,12,13). The summed E-state index contributed by atoms with van der Waals surface area (Å²) in [6, 6.07) is 3.04. The van der Waals surface area contributed by atoms with Crippen LogP contribution in [0.1, 0.15) is 17.5 Å². The van der Waals surface area contributed by atoms with E-state index in [0.717, 1.165) is 0 Å². The summed E-state index contributed by atoms with van der Waals surface area (Å²) in [7, 11) is 0. The molecule has 0 radical (unpaired) electrons. The van der Waals surface area contributed by atoms with E-state index in [1.807, 2.05) is 0 Å². The molecule has 0 aromatic heterocycles. The van der Waals surface area contributed by atoms with Crippen molar-refractivity contribution in [2.24, 2.45) is 0 Å². The lowest BCUT2D eigenvalue weighted by molar-refractivity contribution is -0.136. The van der Waals surface area contributed by atoms with Gasteiger partial charge in [0.2, 0.25) is 0 Å². The Morgan fingerprint density at radius 1 is 1.36 bits per heavy atom. The lowest BCUT2D eigenvalue weighted by Gasteiger charge is -2.05. The van der Waals surface area contributed by atoms with Crippen molar-refractivity contribution >= 4 is 5.97 Å². The number of hydrogen-bond donors (Lipinski definition) is 3. The van der Waals surface area contributed by atoms with Crippen molar-refractivity contribution in [3.63, 3.8) is 0 Å². The molecule has 3 N–H and O–H groups in total. The van der Waals surface area contributed by atoms with Crippen LogP contribution in [0.3, 0.4) is 0 Å². The van der Waals surface area contributed by atoms with Crippen molar-refractivity contribution in [2.75, 3.05) is 0 Å². The van der Waals surface area contributed by atoms with Gasteiger partial charge in [-0.05, 0) is 30.5 Å². The fraction of sp³-hybridized carbons (Fsp3) is 0.300. The molecule has 0 unspecified atom stereocenters. The number of hydrogen-bond acceptors (Lipinski definition) is 3. The van der Waals surface area contributed by atoms with Crippen molar-refractivity contribution in [1.29, 1.82) is 0 Å². The van der Waals surface area contributed by atoms with Gasteiger partial charge in [-0.2, -0.15) is 0 Å². The van der Waals surface area contributed by atoms with Gasteiger partial charge in [-0.15, -0.1) is 0 Å². The average molecular weight is 196 g/mol. The Morgan fingerprint density at radius 2 is 2.00 bits per heavy atom. The van der Waals surface area contributed by atoms with E-state index in [9.17, 15) is 15.0 Å². The van der Waals surface area contributed by atoms with Gasteiger partial charge in [0.15, 0.2) is 11.5 Å². The molecule has 4 heteroatoms. The molecule has 0 heterocycles. The van der Waals surface area contributed by atoms with Gasteiger partial charge in [0.1, 0.15) is 0 Å². The molecule has 1 rings (SSSR count). The molecule has 4 nitrogen and oxygen atoms in total. The van der Waals surface area contributed by atoms with Crippen LogP contribution in [0.5, 0.6) is 11.5 Å². The smallest absolute Gasteiger partial charge is 0.303 e. The molecule has 0 amide bonds. The third-order valence-electron chi connectivity index (χ3n) is 1.97. The summed E-state index contributed by atoms with van der Waals surface area (Å²) in [4.78, 5) is 10.3. The van der Waals surface area contributed by atoms with Crippen molar-refractivity contribution in [2.45, 2.75) is 19.8 Å². The van der Waals surface area contributed by atoms with Crippen molar-refractivity contribution in [3.8, 4) is 11.5 Å². The van der Waals surface area contributed by atoms with Crippen LogP contribution in [0, 0.1) is 6.92 Å². The highest BCUT2D eigenvalue weighted by atomic mass is 16.4. The maximum Gasteiger partial charge on any atom is 0.303 e. The zero-order valence-corrected chi connectivity index (χ0v) is 7.82. The molecule has 14 heavy (non-hydrogen) atoms. The van der Waals surface area contributed by atoms with Crippen LogP contribution in [0.2, 0.25) is 0 Å². The van der Waals surface area contributed by atoms with Crippen LogP contribution in [0.15, 0.2) is 12.1 Å². The van der Waals surface area contributed by atoms with E-state index in [0.29, 0.717) is 17.5 Å². The summed E-state index contributed by atoms with van der Waals surface area (Å²) in [5.74, 6) is -1.23. The monoisotopic (exact) mass is 196 g/mol. The number of rotatable bonds is 3. The Bertz CT molecular complexity index is 334. The van der Waals surface area contributed by atoms with Gasteiger partial charge in [0.05, 0.1) is 0 Å². The van der Waals surface area contributed by atoms with E-state index in [4.69, 9.17) is 5.11 Å². The second-order valence-electron chi connectivity index (χ2n) is 3.17. The summed E-state index contributed by atoms with van der Waals surface area (Å²) in [6.07, 6.45) is 0.369. The van der Waals surface area contributed by atoms with Gasteiger partial charge in [0, 0.05) is 6.42 Å². The maximum atomic E-state index is 10.3. The fourth-order valence-corrected chi connectivity index (χ4v) is 1.23. The summed E-state index contributed by atoms with van der Waals surface area (Å²) >= 11 is 0. The molecule has 0 aliphatic carbocycles. The van der Waals surface area contributed by atoms with E-state index in [-0.39, 0.29) is 17.9 Å². The van der Waals surface area contributed by atoms with Crippen molar-refractivity contribution < 1.29 is 20.1 Å². The van der Waals surface area contributed by atoms with Crippen LogP contribution in [0.25, 0.3) is 0 Å². The first-order valence-electron chi connectivity index (χ1n) is 4.24. The summed E-state index contributed by atoms with van der Waals surface area (Å²) in [6.45, 7) is 1.65. The second-order valence-corrected chi connectivity index (χ2v) is 3.17. The number of carboxylic acids is 1. The van der Waals surface area contributed by atoms with Crippen LogP contribution < -0.4 is 0 Å². The van der Waals surface area contributed by atoms with Crippen LogP contribution >= 0.6 is 0 Å². The molecule has 0 saturated carbocycles. The highest BCUT2D eigenvalue weighted by Crippen LogP contribution is 2.29. The van der Waals surface area contributed by atoms with Crippen LogP contribution in [0.4, 0.5) is 0 Å². The number of benzene rings is 1. The molecule has 0 fully saturated rings. The lowest BCUT2D eigenvalue weighted by Crippen LogP contribution is -1.97. The minimum atomic E-state index is -0.879. The number of carboxylic acid groups (broad SMARTS) is 1. The third-order valence-corrected chi connectivity index (χ3v) is 1.97. The fourth-order valence-electron chi connectivity index (χ4n) is 1.23. The van der Waals surface area contributed by atoms with E-state index < -0.39 is 5.97 Å².